The minimum absolute atomic E-state index is 0.722. The van der Waals surface area contributed by atoms with Crippen LogP contribution in [0.25, 0.3) is 0 Å². The summed E-state index contributed by atoms with van der Waals surface area (Å²) in [7, 11) is 0. The van der Waals surface area contributed by atoms with Gasteiger partial charge in [0.15, 0.2) is 0 Å². The van der Waals surface area contributed by atoms with Gasteiger partial charge in [0.1, 0.15) is 5.60 Å². The van der Waals surface area contributed by atoms with E-state index in [1.54, 1.807) is 6.20 Å². The highest BCUT2D eigenvalue weighted by Crippen LogP contribution is 2.44. The summed E-state index contributed by atoms with van der Waals surface area (Å²) in [5.41, 5.74) is 3.43. The fraction of sp³-hybridized carbons (Fsp3) is 0.438. The molecule has 0 saturated carbocycles. The standard InChI is InChI=1S/C16H19BrN2O/c1-3-8-19-15(14(17)10-18-19)16(20)7-6-12-5-4-11(2)9-13(12)16/h4-5,9-10,20H,3,6-8H2,1-2H3. The largest absolute Gasteiger partial charge is 0.379 e. The maximum Gasteiger partial charge on any atom is 0.133 e. The van der Waals surface area contributed by atoms with Crippen LogP contribution in [0.4, 0.5) is 0 Å². The topological polar surface area (TPSA) is 38.0 Å². The van der Waals surface area contributed by atoms with Crippen LogP contribution in [0.5, 0.6) is 0 Å². The first kappa shape index (κ1) is 13.8. The fourth-order valence-electron chi connectivity index (χ4n) is 3.14. The number of benzene rings is 1. The van der Waals surface area contributed by atoms with Crippen molar-refractivity contribution in [3.05, 3.63) is 51.3 Å². The number of hydrogen-bond acceptors (Lipinski definition) is 2. The molecule has 3 rings (SSSR count). The number of hydrogen-bond donors (Lipinski definition) is 1. The van der Waals surface area contributed by atoms with Crippen molar-refractivity contribution < 1.29 is 5.11 Å². The lowest BCUT2D eigenvalue weighted by atomic mass is 9.91. The Hall–Kier alpha value is -1.13. The molecule has 2 aromatic rings. The van der Waals surface area contributed by atoms with Gasteiger partial charge in [-0.05, 0) is 53.2 Å². The summed E-state index contributed by atoms with van der Waals surface area (Å²) >= 11 is 3.56. The smallest absolute Gasteiger partial charge is 0.133 e. The van der Waals surface area contributed by atoms with E-state index in [0.29, 0.717) is 0 Å². The molecule has 0 radical (unpaired) electrons. The van der Waals surface area contributed by atoms with Crippen LogP contribution in [-0.2, 0) is 18.6 Å². The van der Waals surface area contributed by atoms with Gasteiger partial charge >= 0.3 is 0 Å². The molecule has 1 aromatic heterocycles. The molecule has 106 valence electrons. The van der Waals surface area contributed by atoms with E-state index in [2.05, 4.69) is 53.1 Å². The second-order valence-electron chi connectivity index (χ2n) is 5.59. The molecular weight excluding hydrogens is 316 g/mol. The van der Waals surface area contributed by atoms with Gasteiger partial charge in [-0.2, -0.15) is 5.10 Å². The zero-order chi connectivity index (χ0) is 14.3. The Labute approximate surface area is 127 Å². The lowest BCUT2D eigenvalue weighted by Crippen LogP contribution is -2.28. The Morgan fingerprint density at radius 3 is 3.00 bits per heavy atom. The average Bonchev–Trinajstić information content (AvgIpc) is 2.93. The molecule has 0 saturated heterocycles. The monoisotopic (exact) mass is 334 g/mol. The van der Waals surface area contributed by atoms with Crippen molar-refractivity contribution in [2.75, 3.05) is 0 Å². The minimum Gasteiger partial charge on any atom is -0.379 e. The summed E-state index contributed by atoms with van der Waals surface area (Å²) in [6, 6.07) is 6.36. The second-order valence-corrected chi connectivity index (χ2v) is 6.44. The molecule has 4 heteroatoms. The highest BCUT2D eigenvalue weighted by molar-refractivity contribution is 9.10. The minimum atomic E-state index is -0.925. The first-order valence-electron chi connectivity index (χ1n) is 7.10. The third-order valence-corrected chi connectivity index (χ3v) is 4.67. The maximum atomic E-state index is 11.3. The molecule has 1 aromatic carbocycles. The molecule has 1 unspecified atom stereocenters. The van der Waals surface area contributed by atoms with E-state index in [4.69, 9.17) is 0 Å². The number of nitrogens with zero attached hydrogens (tertiary/aromatic N) is 2. The number of rotatable bonds is 3. The summed E-state index contributed by atoms with van der Waals surface area (Å²) in [5, 5.41) is 15.7. The molecule has 3 nitrogen and oxygen atoms in total. The fourth-order valence-corrected chi connectivity index (χ4v) is 3.77. The molecule has 0 amide bonds. The van der Waals surface area contributed by atoms with Crippen molar-refractivity contribution in [2.45, 2.75) is 45.3 Å². The van der Waals surface area contributed by atoms with Gasteiger partial charge in [0.05, 0.1) is 16.4 Å². The molecule has 1 N–H and O–H groups in total. The van der Waals surface area contributed by atoms with Gasteiger partial charge in [-0.3, -0.25) is 4.68 Å². The van der Waals surface area contributed by atoms with E-state index in [1.165, 1.54) is 11.1 Å². The first-order valence-corrected chi connectivity index (χ1v) is 7.89. The van der Waals surface area contributed by atoms with Crippen molar-refractivity contribution in [2.24, 2.45) is 0 Å². The Kier molecular flexibility index (Phi) is 3.46. The zero-order valence-electron chi connectivity index (χ0n) is 11.9. The van der Waals surface area contributed by atoms with Gasteiger partial charge < -0.3 is 5.11 Å². The van der Waals surface area contributed by atoms with Crippen molar-refractivity contribution >= 4 is 15.9 Å². The highest BCUT2D eigenvalue weighted by Gasteiger charge is 2.42. The predicted molar refractivity (Wildman–Crippen MR) is 82.7 cm³/mol. The summed E-state index contributed by atoms with van der Waals surface area (Å²) in [6.07, 6.45) is 4.42. The van der Waals surface area contributed by atoms with Crippen LogP contribution in [0.1, 0.15) is 42.1 Å². The van der Waals surface area contributed by atoms with Gasteiger partial charge in [-0.1, -0.05) is 30.7 Å². The van der Waals surface area contributed by atoms with Crippen LogP contribution < -0.4 is 0 Å². The van der Waals surface area contributed by atoms with Gasteiger partial charge in [0.25, 0.3) is 0 Å². The van der Waals surface area contributed by atoms with E-state index in [0.717, 1.165) is 41.5 Å². The molecule has 1 aliphatic rings. The summed E-state index contributed by atoms with van der Waals surface area (Å²) in [5.74, 6) is 0. The predicted octanol–water partition coefficient (Wildman–Crippen LogP) is 3.55. The van der Waals surface area contributed by atoms with Gasteiger partial charge in [-0.15, -0.1) is 0 Å². The van der Waals surface area contributed by atoms with Gasteiger partial charge in [-0.25, -0.2) is 0 Å². The molecular formula is C16H19BrN2O. The summed E-state index contributed by atoms with van der Waals surface area (Å²) in [6.45, 7) is 5.01. The highest BCUT2D eigenvalue weighted by atomic mass is 79.9. The number of aryl methyl sites for hydroxylation is 3. The van der Waals surface area contributed by atoms with Crippen molar-refractivity contribution in [3.63, 3.8) is 0 Å². The quantitative estimate of drug-likeness (QED) is 0.932. The molecule has 1 aliphatic carbocycles. The molecule has 1 heterocycles. The molecule has 1 atom stereocenters. The van der Waals surface area contributed by atoms with Gasteiger partial charge in [0, 0.05) is 6.54 Å². The van der Waals surface area contributed by atoms with E-state index >= 15 is 0 Å². The lowest BCUT2D eigenvalue weighted by molar-refractivity contribution is 0.0718. The molecule has 0 bridgehead atoms. The normalized spacial score (nSPS) is 21.2. The SMILES string of the molecule is CCCn1ncc(Br)c1C1(O)CCc2ccc(C)cc21. The Balaban J connectivity index is 2.16. The van der Waals surface area contributed by atoms with Crippen molar-refractivity contribution in [1.82, 2.24) is 9.78 Å². The Morgan fingerprint density at radius 1 is 1.45 bits per heavy atom. The van der Waals surface area contributed by atoms with E-state index in [-0.39, 0.29) is 0 Å². The van der Waals surface area contributed by atoms with Crippen LogP contribution in [0.2, 0.25) is 0 Å². The first-order chi connectivity index (χ1) is 9.56. The average molecular weight is 335 g/mol. The van der Waals surface area contributed by atoms with Crippen LogP contribution in [-0.4, -0.2) is 14.9 Å². The van der Waals surface area contributed by atoms with E-state index in [1.807, 2.05) is 4.68 Å². The van der Waals surface area contributed by atoms with Crippen LogP contribution in [0.15, 0.2) is 28.9 Å². The van der Waals surface area contributed by atoms with Crippen LogP contribution in [0, 0.1) is 6.92 Å². The lowest BCUT2D eigenvalue weighted by Gasteiger charge is -2.26. The third-order valence-electron chi connectivity index (χ3n) is 4.09. The zero-order valence-corrected chi connectivity index (χ0v) is 13.4. The van der Waals surface area contributed by atoms with Crippen molar-refractivity contribution in [1.29, 1.82) is 0 Å². The number of halogens is 1. The van der Waals surface area contributed by atoms with E-state index in [9.17, 15) is 5.11 Å². The summed E-state index contributed by atoms with van der Waals surface area (Å²) < 4.78 is 2.82. The number of fused-ring (bicyclic) bond motifs is 1. The second kappa shape index (κ2) is 5.01. The van der Waals surface area contributed by atoms with Crippen LogP contribution >= 0.6 is 15.9 Å². The molecule has 0 aliphatic heterocycles. The van der Waals surface area contributed by atoms with Crippen LogP contribution in [0.3, 0.4) is 0 Å². The molecule has 0 fully saturated rings. The summed E-state index contributed by atoms with van der Waals surface area (Å²) in [4.78, 5) is 0. The number of aliphatic hydroxyl groups is 1. The number of aromatic nitrogens is 2. The Bertz CT molecular complexity index is 650. The molecule has 0 spiro atoms. The van der Waals surface area contributed by atoms with Crippen molar-refractivity contribution in [3.8, 4) is 0 Å². The van der Waals surface area contributed by atoms with E-state index < -0.39 is 5.60 Å². The molecule has 20 heavy (non-hydrogen) atoms. The maximum absolute atomic E-state index is 11.3. The third kappa shape index (κ3) is 2.02. The van der Waals surface area contributed by atoms with Gasteiger partial charge in [0.2, 0.25) is 0 Å². The Morgan fingerprint density at radius 2 is 2.25 bits per heavy atom.